The van der Waals surface area contributed by atoms with Gasteiger partial charge in [-0.3, -0.25) is 19.9 Å². The summed E-state index contributed by atoms with van der Waals surface area (Å²) in [6.45, 7) is 3.89. The molecule has 0 aliphatic heterocycles. The van der Waals surface area contributed by atoms with Gasteiger partial charge < -0.3 is 0 Å². The van der Waals surface area contributed by atoms with Crippen LogP contribution in [0.2, 0.25) is 0 Å². The van der Waals surface area contributed by atoms with Gasteiger partial charge in [-0.1, -0.05) is 13.8 Å². The van der Waals surface area contributed by atoms with Crippen LogP contribution in [0.25, 0.3) is 0 Å². The number of hydrogen-bond donors (Lipinski definition) is 2. The molecule has 0 aliphatic carbocycles. The highest BCUT2D eigenvalue weighted by Gasteiger charge is 2.17. The van der Waals surface area contributed by atoms with Crippen LogP contribution in [0.1, 0.15) is 25.5 Å². The molecule has 1 aromatic heterocycles. The first-order valence-electron chi connectivity index (χ1n) is 6.12. The van der Waals surface area contributed by atoms with Gasteiger partial charge in [-0.2, -0.15) is 5.10 Å². The molecule has 0 radical (unpaired) electrons. The van der Waals surface area contributed by atoms with E-state index in [1.165, 1.54) is 12.1 Å². The molecule has 0 bridgehead atoms. The van der Waals surface area contributed by atoms with E-state index in [2.05, 4.69) is 14.9 Å². The fourth-order valence-corrected chi connectivity index (χ4v) is 2.62. The summed E-state index contributed by atoms with van der Waals surface area (Å²) in [6, 6.07) is 6.23. The topological polar surface area (TPSA) is 118 Å². The van der Waals surface area contributed by atoms with Crippen molar-refractivity contribution < 1.29 is 13.3 Å². The lowest BCUT2D eigenvalue weighted by atomic mass is 10.1. The zero-order valence-electron chi connectivity index (χ0n) is 11.4. The lowest BCUT2D eigenvalue weighted by Gasteiger charge is -2.04. The van der Waals surface area contributed by atoms with Gasteiger partial charge in [0.2, 0.25) is 0 Å². The third-order valence-electron chi connectivity index (χ3n) is 2.82. The van der Waals surface area contributed by atoms with Crippen molar-refractivity contribution in [1.82, 2.24) is 10.2 Å². The Hall–Kier alpha value is -2.42. The van der Waals surface area contributed by atoms with E-state index in [0.717, 1.165) is 17.8 Å². The van der Waals surface area contributed by atoms with Crippen molar-refractivity contribution in [2.45, 2.75) is 24.7 Å². The predicted molar refractivity (Wildman–Crippen MR) is 76.6 cm³/mol. The number of non-ortho nitro benzene ring substituents is 1. The van der Waals surface area contributed by atoms with Gasteiger partial charge in [0.1, 0.15) is 0 Å². The molecule has 0 amide bonds. The van der Waals surface area contributed by atoms with Crippen LogP contribution in [-0.4, -0.2) is 23.5 Å². The molecule has 2 rings (SSSR count). The Bertz CT molecular complexity index is 750. The van der Waals surface area contributed by atoms with Gasteiger partial charge in [0.05, 0.1) is 9.82 Å². The number of nitrogens with one attached hydrogen (secondary N) is 2. The molecule has 0 aliphatic rings. The second kappa shape index (κ2) is 5.52. The van der Waals surface area contributed by atoms with Crippen molar-refractivity contribution >= 4 is 21.5 Å². The van der Waals surface area contributed by atoms with Crippen LogP contribution in [0.5, 0.6) is 0 Å². The number of benzene rings is 1. The Balaban J connectivity index is 2.22. The molecule has 0 unspecified atom stereocenters. The zero-order chi connectivity index (χ0) is 15.6. The number of nitrogens with zero attached hydrogens (tertiary/aromatic N) is 2. The SMILES string of the molecule is CC(C)c1cc(NS(=O)(=O)c2ccc([N+](=O)[O-])cc2)n[nH]1. The number of rotatable bonds is 5. The summed E-state index contributed by atoms with van der Waals surface area (Å²) >= 11 is 0. The van der Waals surface area contributed by atoms with Crippen molar-refractivity contribution in [3.05, 3.63) is 46.1 Å². The molecule has 0 atom stereocenters. The average molecular weight is 310 g/mol. The molecule has 0 saturated heterocycles. The maximum atomic E-state index is 12.1. The van der Waals surface area contributed by atoms with Gasteiger partial charge in [0, 0.05) is 23.9 Å². The third-order valence-corrected chi connectivity index (χ3v) is 4.19. The van der Waals surface area contributed by atoms with E-state index in [1.54, 1.807) is 6.07 Å². The summed E-state index contributed by atoms with van der Waals surface area (Å²) in [5, 5.41) is 17.2. The van der Waals surface area contributed by atoms with Gasteiger partial charge in [-0.05, 0) is 18.1 Å². The van der Waals surface area contributed by atoms with Gasteiger partial charge in [0.25, 0.3) is 15.7 Å². The van der Waals surface area contributed by atoms with Crippen LogP contribution in [0, 0.1) is 10.1 Å². The molecule has 21 heavy (non-hydrogen) atoms. The summed E-state index contributed by atoms with van der Waals surface area (Å²) in [7, 11) is -3.82. The number of aromatic nitrogens is 2. The lowest BCUT2D eigenvalue weighted by molar-refractivity contribution is -0.384. The van der Waals surface area contributed by atoms with Crippen LogP contribution >= 0.6 is 0 Å². The van der Waals surface area contributed by atoms with Crippen molar-refractivity contribution in [2.24, 2.45) is 0 Å². The smallest absolute Gasteiger partial charge is 0.269 e. The van der Waals surface area contributed by atoms with Gasteiger partial charge in [-0.25, -0.2) is 8.42 Å². The number of anilines is 1. The molecule has 1 aromatic carbocycles. The Kier molecular flexibility index (Phi) is 3.94. The molecular formula is C12H14N4O4S. The quantitative estimate of drug-likeness (QED) is 0.648. The zero-order valence-corrected chi connectivity index (χ0v) is 12.2. The Morgan fingerprint density at radius 1 is 1.29 bits per heavy atom. The van der Waals surface area contributed by atoms with Gasteiger partial charge >= 0.3 is 0 Å². The highest BCUT2D eigenvalue weighted by Crippen LogP contribution is 2.20. The first-order valence-corrected chi connectivity index (χ1v) is 7.60. The molecule has 112 valence electrons. The minimum atomic E-state index is -3.82. The van der Waals surface area contributed by atoms with E-state index in [9.17, 15) is 18.5 Å². The Morgan fingerprint density at radius 2 is 1.90 bits per heavy atom. The Morgan fingerprint density at radius 3 is 2.38 bits per heavy atom. The second-order valence-electron chi connectivity index (χ2n) is 4.72. The van der Waals surface area contributed by atoms with Crippen LogP contribution in [0.4, 0.5) is 11.5 Å². The average Bonchev–Trinajstić information content (AvgIpc) is 2.87. The minimum Gasteiger partial charge on any atom is -0.280 e. The fraction of sp³-hybridized carbons (Fsp3) is 0.250. The maximum absolute atomic E-state index is 12.1. The second-order valence-corrected chi connectivity index (χ2v) is 6.40. The molecule has 9 heteroatoms. The van der Waals surface area contributed by atoms with E-state index in [4.69, 9.17) is 0 Å². The Labute approximate surface area is 121 Å². The monoisotopic (exact) mass is 310 g/mol. The van der Waals surface area contributed by atoms with E-state index >= 15 is 0 Å². The summed E-state index contributed by atoms with van der Waals surface area (Å²) in [4.78, 5) is 9.89. The summed E-state index contributed by atoms with van der Waals surface area (Å²) < 4.78 is 26.6. The van der Waals surface area contributed by atoms with Gasteiger partial charge in [0.15, 0.2) is 5.82 Å². The molecule has 0 spiro atoms. The van der Waals surface area contributed by atoms with Crippen molar-refractivity contribution in [3.63, 3.8) is 0 Å². The molecule has 2 N–H and O–H groups in total. The summed E-state index contributed by atoms with van der Waals surface area (Å²) in [6.07, 6.45) is 0. The highest BCUT2D eigenvalue weighted by atomic mass is 32.2. The first-order chi connectivity index (χ1) is 9.79. The highest BCUT2D eigenvalue weighted by molar-refractivity contribution is 7.92. The first kappa shape index (κ1) is 15.0. The largest absolute Gasteiger partial charge is 0.280 e. The standard InChI is InChI=1S/C12H14N4O4S/c1-8(2)11-7-12(14-13-11)15-21(19,20)10-5-3-9(4-6-10)16(17)18/h3-8H,1-2H3,(H2,13,14,15). The summed E-state index contributed by atoms with van der Waals surface area (Å²) in [5.74, 6) is 0.368. The fourth-order valence-electron chi connectivity index (χ4n) is 1.63. The van der Waals surface area contributed by atoms with E-state index in [-0.39, 0.29) is 22.3 Å². The van der Waals surface area contributed by atoms with E-state index in [0.29, 0.717) is 0 Å². The molecule has 1 heterocycles. The predicted octanol–water partition coefficient (Wildman–Crippen LogP) is 2.24. The van der Waals surface area contributed by atoms with Gasteiger partial charge in [-0.15, -0.1) is 0 Å². The number of hydrogen-bond acceptors (Lipinski definition) is 5. The molecule has 2 aromatic rings. The number of aromatic amines is 1. The normalized spacial score (nSPS) is 11.6. The molecule has 0 saturated carbocycles. The third kappa shape index (κ3) is 3.37. The van der Waals surface area contributed by atoms with E-state index < -0.39 is 14.9 Å². The molecule has 8 nitrogen and oxygen atoms in total. The number of sulfonamides is 1. The molecular weight excluding hydrogens is 296 g/mol. The maximum Gasteiger partial charge on any atom is 0.269 e. The van der Waals surface area contributed by atoms with Crippen molar-refractivity contribution in [3.8, 4) is 0 Å². The van der Waals surface area contributed by atoms with Crippen LogP contribution in [-0.2, 0) is 10.0 Å². The van der Waals surface area contributed by atoms with Crippen LogP contribution < -0.4 is 4.72 Å². The number of nitro groups is 1. The van der Waals surface area contributed by atoms with Crippen LogP contribution in [0.3, 0.4) is 0 Å². The number of nitro benzene ring substituents is 1. The number of H-pyrrole nitrogens is 1. The lowest BCUT2D eigenvalue weighted by Crippen LogP contribution is -2.13. The summed E-state index contributed by atoms with van der Waals surface area (Å²) in [5.41, 5.74) is 0.632. The molecule has 0 fully saturated rings. The van der Waals surface area contributed by atoms with Crippen molar-refractivity contribution in [1.29, 1.82) is 0 Å². The minimum absolute atomic E-state index is 0.0674. The van der Waals surface area contributed by atoms with Crippen molar-refractivity contribution in [2.75, 3.05) is 4.72 Å². The van der Waals surface area contributed by atoms with Crippen LogP contribution in [0.15, 0.2) is 35.2 Å². The van der Waals surface area contributed by atoms with E-state index in [1.807, 2.05) is 13.8 Å².